The van der Waals surface area contributed by atoms with Crippen molar-refractivity contribution in [2.24, 2.45) is 0 Å². The van der Waals surface area contributed by atoms with Crippen molar-refractivity contribution in [3.63, 3.8) is 0 Å². The number of nitrogens with zero attached hydrogens (tertiary/aromatic N) is 4. The molecule has 3 aromatic rings. The van der Waals surface area contributed by atoms with Gasteiger partial charge in [-0.2, -0.15) is 0 Å². The lowest BCUT2D eigenvalue weighted by molar-refractivity contribution is 0.240. The van der Waals surface area contributed by atoms with Crippen LogP contribution in [0.2, 0.25) is 0 Å². The van der Waals surface area contributed by atoms with Crippen LogP contribution < -0.4 is 0 Å². The molecule has 0 saturated heterocycles. The summed E-state index contributed by atoms with van der Waals surface area (Å²) in [5.74, 6) is 0.779. The lowest BCUT2D eigenvalue weighted by atomic mass is 10.2. The van der Waals surface area contributed by atoms with Crippen LogP contribution in [0.5, 0.6) is 0 Å². The fourth-order valence-corrected chi connectivity index (χ4v) is 2.73. The van der Waals surface area contributed by atoms with Crippen molar-refractivity contribution < 1.29 is 4.52 Å². The molecule has 0 aliphatic carbocycles. The first-order chi connectivity index (χ1) is 10.2. The molecule has 0 aromatic carbocycles. The zero-order valence-corrected chi connectivity index (χ0v) is 12.7. The molecule has 0 aliphatic rings. The number of aromatic nitrogens is 3. The smallest absolute Gasteiger partial charge is 0.169 e. The molecule has 3 rings (SSSR count). The van der Waals surface area contributed by atoms with Gasteiger partial charge in [-0.3, -0.25) is 4.90 Å². The Labute approximate surface area is 127 Å². The van der Waals surface area contributed by atoms with E-state index in [1.165, 1.54) is 0 Å². The van der Waals surface area contributed by atoms with Crippen LogP contribution in [0.1, 0.15) is 24.2 Å². The third-order valence-electron chi connectivity index (χ3n) is 3.43. The van der Waals surface area contributed by atoms with Gasteiger partial charge in [0, 0.05) is 30.6 Å². The van der Waals surface area contributed by atoms with Crippen molar-refractivity contribution in [2.75, 3.05) is 7.05 Å². The molecule has 0 aliphatic heterocycles. The Morgan fingerprint density at radius 1 is 1.29 bits per heavy atom. The maximum Gasteiger partial charge on any atom is 0.169 e. The van der Waals surface area contributed by atoms with Crippen LogP contribution >= 0.6 is 11.3 Å². The van der Waals surface area contributed by atoms with Gasteiger partial charge in [0.1, 0.15) is 12.0 Å². The standard InChI is InChI=1S/C15H16N4OS/c1-11(13-5-6-20-18-13)19(2)10-12-8-16-15(17-9-12)14-4-3-7-21-14/h3-9,11H,10H2,1-2H3. The van der Waals surface area contributed by atoms with Gasteiger partial charge in [0.2, 0.25) is 0 Å². The molecule has 6 heteroatoms. The Morgan fingerprint density at radius 2 is 2.10 bits per heavy atom. The predicted molar refractivity (Wildman–Crippen MR) is 81.7 cm³/mol. The lowest BCUT2D eigenvalue weighted by Crippen LogP contribution is -2.22. The highest BCUT2D eigenvalue weighted by Crippen LogP contribution is 2.21. The van der Waals surface area contributed by atoms with Gasteiger partial charge in [-0.1, -0.05) is 11.2 Å². The van der Waals surface area contributed by atoms with Crippen LogP contribution in [0.25, 0.3) is 10.7 Å². The molecule has 0 fully saturated rings. The van der Waals surface area contributed by atoms with E-state index in [1.54, 1.807) is 17.6 Å². The van der Waals surface area contributed by atoms with Gasteiger partial charge in [-0.15, -0.1) is 11.3 Å². The van der Waals surface area contributed by atoms with E-state index in [0.717, 1.165) is 28.5 Å². The summed E-state index contributed by atoms with van der Waals surface area (Å²) < 4.78 is 4.89. The maximum atomic E-state index is 4.89. The molecule has 5 nitrogen and oxygen atoms in total. The summed E-state index contributed by atoms with van der Waals surface area (Å²) in [6.45, 7) is 2.86. The minimum absolute atomic E-state index is 0.181. The van der Waals surface area contributed by atoms with Gasteiger partial charge in [0.25, 0.3) is 0 Å². The topological polar surface area (TPSA) is 55.1 Å². The highest BCUT2D eigenvalue weighted by Gasteiger charge is 2.15. The van der Waals surface area contributed by atoms with Crippen molar-refractivity contribution in [1.29, 1.82) is 0 Å². The molecule has 0 bridgehead atoms. The molecule has 0 radical (unpaired) electrons. The fraction of sp³-hybridized carbons (Fsp3) is 0.267. The van der Waals surface area contributed by atoms with Crippen LogP contribution in [-0.2, 0) is 6.54 Å². The minimum atomic E-state index is 0.181. The van der Waals surface area contributed by atoms with Gasteiger partial charge in [-0.25, -0.2) is 9.97 Å². The zero-order chi connectivity index (χ0) is 14.7. The van der Waals surface area contributed by atoms with Gasteiger partial charge in [0.15, 0.2) is 5.82 Å². The highest BCUT2D eigenvalue weighted by atomic mass is 32.1. The summed E-state index contributed by atoms with van der Waals surface area (Å²) >= 11 is 1.64. The van der Waals surface area contributed by atoms with Gasteiger partial charge < -0.3 is 4.52 Å². The van der Waals surface area contributed by atoms with Crippen LogP contribution in [-0.4, -0.2) is 27.1 Å². The van der Waals surface area contributed by atoms with Crippen molar-refractivity contribution >= 4 is 11.3 Å². The summed E-state index contributed by atoms with van der Waals surface area (Å²) in [4.78, 5) is 12.1. The SMILES string of the molecule is CC(c1ccon1)N(C)Cc1cnc(-c2cccs2)nc1. The monoisotopic (exact) mass is 300 g/mol. The van der Waals surface area contributed by atoms with E-state index < -0.39 is 0 Å². The third kappa shape index (κ3) is 3.17. The number of rotatable bonds is 5. The van der Waals surface area contributed by atoms with E-state index in [0.29, 0.717) is 0 Å². The van der Waals surface area contributed by atoms with Crippen molar-refractivity contribution in [1.82, 2.24) is 20.0 Å². The summed E-state index contributed by atoms with van der Waals surface area (Å²) in [5.41, 5.74) is 2.00. The van der Waals surface area contributed by atoms with Crippen LogP contribution in [0.4, 0.5) is 0 Å². The lowest BCUT2D eigenvalue weighted by Gasteiger charge is -2.22. The summed E-state index contributed by atoms with van der Waals surface area (Å²) in [6.07, 6.45) is 5.36. The minimum Gasteiger partial charge on any atom is -0.364 e. The zero-order valence-electron chi connectivity index (χ0n) is 11.9. The van der Waals surface area contributed by atoms with E-state index in [9.17, 15) is 0 Å². The second-order valence-electron chi connectivity index (χ2n) is 4.91. The van der Waals surface area contributed by atoms with E-state index in [2.05, 4.69) is 26.9 Å². The average molecular weight is 300 g/mol. The van der Waals surface area contributed by atoms with Gasteiger partial charge in [-0.05, 0) is 25.4 Å². The predicted octanol–water partition coefficient (Wildman–Crippen LogP) is 3.39. The highest BCUT2D eigenvalue weighted by molar-refractivity contribution is 7.13. The molecule has 0 amide bonds. The second-order valence-corrected chi connectivity index (χ2v) is 5.86. The fourth-order valence-electron chi connectivity index (χ4n) is 2.06. The van der Waals surface area contributed by atoms with E-state index in [1.807, 2.05) is 43.0 Å². The first-order valence-electron chi connectivity index (χ1n) is 6.69. The average Bonchev–Trinajstić information content (AvgIpc) is 3.20. The Bertz CT molecular complexity index is 664. The number of hydrogen-bond acceptors (Lipinski definition) is 6. The van der Waals surface area contributed by atoms with E-state index in [-0.39, 0.29) is 6.04 Å². The number of thiophene rings is 1. The Balaban J connectivity index is 1.68. The van der Waals surface area contributed by atoms with Crippen molar-refractivity contribution in [2.45, 2.75) is 19.5 Å². The Morgan fingerprint density at radius 3 is 2.71 bits per heavy atom. The second kappa shape index (κ2) is 6.15. The third-order valence-corrected chi connectivity index (χ3v) is 4.29. The molecule has 1 atom stereocenters. The van der Waals surface area contributed by atoms with Crippen LogP contribution in [0, 0.1) is 0 Å². The van der Waals surface area contributed by atoms with Crippen LogP contribution in [0.3, 0.4) is 0 Å². The molecule has 0 spiro atoms. The molecule has 3 aromatic heterocycles. The van der Waals surface area contributed by atoms with Crippen LogP contribution in [0.15, 0.2) is 46.8 Å². The van der Waals surface area contributed by atoms with Gasteiger partial charge >= 0.3 is 0 Å². The van der Waals surface area contributed by atoms with E-state index >= 15 is 0 Å². The molecule has 108 valence electrons. The van der Waals surface area contributed by atoms with Gasteiger partial charge in [0.05, 0.1) is 10.9 Å². The molecule has 0 N–H and O–H groups in total. The number of hydrogen-bond donors (Lipinski definition) is 0. The Kier molecular flexibility index (Phi) is 4.08. The first kappa shape index (κ1) is 13.9. The molecular weight excluding hydrogens is 284 g/mol. The summed E-state index contributed by atoms with van der Waals surface area (Å²) in [5, 5.41) is 6.01. The molecule has 3 heterocycles. The quantitative estimate of drug-likeness (QED) is 0.723. The normalized spacial score (nSPS) is 12.7. The molecular formula is C15H16N4OS. The largest absolute Gasteiger partial charge is 0.364 e. The molecule has 21 heavy (non-hydrogen) atoms. The molecule has 0 saturated carbocycles. The molecule has 1 unspecified atom stereocenters. The van der Waals surface area contributed by atoms with Crippen molar-refractivity contribution in [3.8, 4) is 10.7 Å². The summed E-state index contributed by atoms with van der Waals surface area (Å²) in [7, 11) is 2.05. The van der Waals surface area contributed by atoms with Crippen molar-refractivity contribution in [3.05, 3.63) is 53.5 Å². The van der Waals surface area contributed by atoms with E-state index in [4.69, 9.17) is 4.52 Å². The maximum absolute atomic E-state index is 4.89. The summed E-state index contributed by atoms with van der Waals surface area (Å²) in [6, 6.07) is 6.10. The first-order valence-corrected chi connectivity index (χ1v) is 7.57. The Hall–Kier alpha value is -2.05.